The molecular weight excluding hydrogens is 130 g/mol. The maximum atomic E-state index is 9.28. The molecule has 0 radical (unpaired) electrons. The number of hydrogen-bond acceptors (Lipinski definition) is 3. The van der Waals surface area contributed by atoms with Crippen LogP contribution in [0.25, 0.3) is 0 Å². The van der Waals surface area contributed by atoms with Crippen molar-refractivity contribution in [2.45, 2.75) is 18.2 Å². The second-order valence-electron chi connectivity index (χ2n) is 2.99. The molecule has 3 heteroatoms. The molecule has 1 heterocycles. The van der Waals surface area contributed by atoms with E-state index in [2.05, 4.69) is 4.90 Å². The maximum absolute atomic E-state index is 9.28. The van der Waals surface area contributed by atoms with Crippen LogP contribution in [-0.4, -0.2) is 47.0 Å². The molecule has 0 bridgehead atoms. The number of aliphatic hydroxyl groups excluding tert-OH is 2. The van der Waals surface area contributed by atoms with Crippen molar-refractivity contribution in [3.63, 3.8) is 0 Å². The van der Waals surface area contributed by atoms with E-state index in [-0.39, 0.29) is 18.8 Å². The third-order valence-corrected chi connectivity index (χ3v) is 2.44. The van der Waals surface area contributed by atoms with E-state index in [9.17, 15) is 5.11 Å². The molecular formula is C7H11NO2. The average Bonchev–Trinajstić information content (AvgIpc) is 2.40. The predicted octanol–water partition coefficient (Wildman–Crippen LogP) is -1.04. The Hall–Kier alpha value is -0.380. The van der Waals surface area contributed by atoms with Crippen LogP contribution in [0, 0.1) is 0 Å². The largest absolute Gasteiger partial charge is 0.392 e. The van der Waals surface area contributed by atoms with Crippen molar-refractivity contribution in [3.05, 3.63) is 11.6 Å². The lowest BCUT2D eigenvalue weighted by Crippen LogP contribution is -2.13. The Morgan fingerprint density at radius 1 is 1.70 bits per heavy atom. The van der Waals surface area contributed by atoms with Gasteiger partial charge in [-0.15, -0.1) is 0 Å². The lowest BCUT2D eigenvalue weighted by atomic mass is 10.2. The van der Waals surface area contributed by atoms with Crippen LogP contribution in [0.5, 0.6) is 0 Å². The molecule has 0 amide bonds. The average molecular weight is 141 g/mol. The summed E-state index contributed by atoms with van der Waals surface area (Å²) in [6.45, 7) is 0.0859. The third-order valence-electron chi connectivity index (χ3n) is 2.44. The molecule has 1 fully saturated rings. The van der Waals surface area contributed by atoms with E-state index in [4.69, 9.17) is 5.11 Å². The molecule has 2 rings (SSSR count). The monoisotopic (exact) mass is 141 g/mol. The van der Waals surface area contributed by atoms with E-state index in [0.29, 0.717) is 6.04 Å². The molecule has 0 aromatic heterocycles. The van der Waals surface area contributed by atoms with Gasteiger partial charge in [0, 0.05) is 0 Å². The Kier molecular flexibility index (Phi) is 1.15. The van der Waals surface area contributed by atoms with Crippen molar-refractivity contribution in [1.82, 2.24) is 4.90 Å². The maximum Gasteiger partial charge on any atom is 0.0898 e. The summed E-state index contributed by atoms with van der Waals surface area (Å²) in [5.74, 6) is 0. The summed E-state index contributed by atoms with van der Waals surface area (Å²) in [5.41, 5.74) is 0.972. The number of nitrogens with zero attached hydrogens (tertiary/aromatic N) is 1. The molecule has 1 unspecified atom stereocenters. The van der Waals surface area contributed by atoms with Gasteiger partial charge in [0.05, 0.1) is 24.8 Å². The first kappa shape index (κ1) is 6.34. The van der Waals surface area contributed by atoms with Crippen LogP contribution in [-0.2, 0) is 0 Å². The Balaban J connectivity index is 2.17. The molecule has 2 aliphatic rings. The first-order chi connectivity index (χ1) is 4.75. The van der Waals surface area contributed by atoms with Crippen LogP contribution in [0.15, 0.2) is 11.6 Å². The van der Waals surface area contributed by atoms with Crippen LogP contribution >= 0.6 is 0 Å². The standard InChI is InChI=1S/C7H11NO2/c1-8-6-4(3-9)2-5(10)7(6)8/h2,5-7,9-10H,3H2,1H3/t5-,6-,7+,8?/m0/s1. The Labute approximate surface area is 59.6 Å². The second kappa shape index (κ2) is 1.81. The molecule has 2 N–H and O–H groups in total. The molecule has 1 aliphatic carbocycles. The van der Waals surface area contributed by atoms with Gasteiger partial charge in [-0.05, 0) is 12.6 Å². The minimum Gasteiger partial charge on any atom is -0.392 e. The molecule has 1 saturated heterocycles. The number of likely N-dealkylation sites (N-methyl/N-ethyl adjacent to an activating group) is 1. The van der Waals surface area contributed by atoms with Crippen LogP contribution in [0.3, 0.4) is 0 Å². The van der Waals surface area contributed by atoms with Crippen molar-refractivity contribution < 1.29 is 10.2 Å². The molecule has 0 aromatic carbocycles. The van der Waals surface area contributed by atoms with Crippen LogP contribution in [0.2, 0.25) is 0 Å². The van der Waals surface area contributed by atoms with Crippen molar-refractivity contribution in [3.8, 4) is 0 Å². The van der Waals surface area contributed by atoms with Gasteiger partial charge in [-0.1, -0.05) is 6.08 Å². The molecule has 4 atom stereocenters. The zero-order valence-corrected chi connectivity index (χ0v) is 5.86. The minimum absolute atomic E-state index is 0.0859. The van der Waals surface area contributed by atoms with E-state index >= 15 is 0 Å². The van der Waals surface area contributed by atoms with Gasteiger partial charge in [0.15, 0.2) is 0 Å². The number of hydrogen-bond donors (Lipinski definition) is 2. The molecule has 56 valence electrons. The van der Waals surface area contributed by atoms with Crippen LogP contribution in [0.4, 0.5) is 0 Å². The fourth-order valence-electron chi connectivity index (χ4n) is 1.83. The smallest absolute Gasteiger partial charge is 0.0898 e. The zero-order chi connectivity index (χ0) is 7.30. The first-order valence-corrected chi connectivity index (χ1v) is 3.47. The highest BCUT2D eigenvalue weighted by atomic mass is 16.3. The fourth-order valence-corrected chi connectivity index (χ4v) is 1.83. The highest BCUT2D eigenvalue weighted by Crippen LogP contribution is 2.40. The molecule has 10 heavy (non-hydrogen) atoms. The van der Waals surface area contributed by atoms with E-state index < -0.39 is 0 Å². The summed E-state index contributed by atoms with van der Waals surface area (Å²) >= 11 is 0. The van der Waals surface area contributed by atoms with Gasteiger partial charge >= 0.3 is 0 Å². The summed E-state index contributed by atoms with van der Waals surface area (Å²) in [6, 6.07) is 0.599. The van der Waals surface area contributed by atoms with Gasteiger partial charge in [-0.2, -0.15) is 0 Å². The summed E-state index contributed by atoms with van der Waals surface area (Å²) in [6.07, 6.45) is 1.41. The van der Waals surface area contributed by atoms with Crippen molar-refractivity contribution >= 4 is 0 Å². The van der Waals surface area contributed by atoms with Crippen LogP contribution < -0.4 is 0 Å². The highest BCUT2D eigenvalue weighted by molar-refractivity contribution is 5.35. The van der Waals surface area contributed by atoms with Gasteiger partial charge in [-0.25, -0.2) is 0 Å². The number of rotatable bonds is 1. The summed E-state index contributed by atoms with van der Waals surface area (Å²) in [5, 5.41) is 18.1. The first-order valence-electron chi connectivity index (χ1n) is 3.47. The summed E-state index contributed by atoms with van der Waals surface area (Å²) < 4.78 is 0. The Morgan fingerprint density at radius 3 is 2.70 bits per heavy atom. The topological polar surface area (TPSA) is 43.5 Å². The summed E-state index contributed by atoms with van der Waals surface area (Å²) in [4.78, 5) is 2.07. The Bertz CT molecular complexity index is 190. The van der Waals surface area contributed by atoms with Gasteiger partial charge in [0.1, 0.15) is 0 Å². The fraction of sp³-hybridized carbons (Fsp3) is 0.714. The van der Waals surface area contributed by atoms with Gasteiger partial charge < -0.3 is 10.2 Å². The van der Waals surface area contributed by atoms with E-state index in [0.717, 1.165) is 5.57 Å². The van der Waals surface area contributed by atoms with Gasteiger partial charge in [0.2, 0.25) is 0 Å². The quantitative estimate of drug-likeness (QED) is 0.362. The second-order valence-corrected chi connectivity index (χ2v) is 2.99. The van der Waals surface area contributed by atoms with Gasteiger partial charge in [-0.3, -0.25) is 4.90 Å². The summed E-state index contributed by atoms with van der Waals surface area (Å²) in [7, 11) is 1.96. The number of fused-ring (bicyclic) bond motifs is 1. The third kappa shape index (κ3) is 0.599. The van der Waals surface area contributed by atoms with E-state index in [1.807, 2.05) is 7.05 Å². The van der Waals surface area contributed by atoms with Crippen LogP contribution in [0.1, 0.15) is 0 Å². The normalized spacial score (nSPS) is 50.5. The van der Waals surface area contributed by atoms with Crippen molar-refractivity contribution in [1.29, 1.82) is 0 Å². The molecule has 0 spiro atoms. The lowest BCUT2D eigenvalue weighted by molar-refractivity contribution is 0.207. The molecule has 0 aromatic rings. The SMILES string of the molecule is CN1[C@@H]2[C@@H](O)C=C(CO)[C@@H]21. The van der Waals surface area contributed by atoms with Crippen molar-refractivity contribution in [2.24, 2.45) is 0 Å². The minimum atomic E-state index is -0.350. The van der Waals surface area contributed by atoms with Crippen molar-refractivity contribution in [2.75, 3.05) is 13.7 Å². The molecule has 3 nitrogen and oxygen atoms in total. The number of aliphatic hydroxyl groups is 2. The van der Waals surface area contributed by atoms with E-state index in [1.54, 1.807) is 6.08 Å². The lowest BCUT2D eigenvalue weighted by Gasteiger charge is -2.03. The predicted molar refractivity (Wildman–Crippen MR) is 36.5 cm³/mol. The van der Waals surface area contributed by atoms with E-state index in [1.165, 1.54) is 0 Å². The molecule has 0 saturated carbocycles. The molecule has 1 aliphatic heterocycles. The zero-order valence-electron chi connectivity index (χ0n) is 5.86. The van der Waals surface area contributed by atoms with Gasteiger partial charge in [0.25, 0.3) is 0 Å². The Morgan fingerprint density at radius 2 is 2.40 bits per heavy atom. The highest BCUT2D eigenvalue weighted by Gasteiger charge is 2.54.